The second kappa shape index (κ2) is 45.6. The Labute approximate surface area is 665 Å². The topological polar surface area (TPSA) is 469 Å². The van der Waals surface area contributed by atoms with Gasteiger partial charge in [-0.3, -0.25) is 59.6 Å². The van der Waals surface area contributed by atoms with Crippen LogP contribution in [0.3, 0.4) is 0 Å². The van der Waals surface area contributed by atoms with E-state index in [0.29, 0.717) is 58.0 Å². The molecular formula is C80H122N10O20S2. The normalized spacial score (nSPS) is 26.4. The smallest absolute Gasteiger partial charge is 0.326 e. The summed E-state index contributed by atoms with van der Waals surface area (Å²) in [5.41, 5.74) is 11.0. The lowest BCUT2D eigenvalue weighted by atomic mass is 9.84. The largest absolute Gasteiger partial charge is 0.480 e. The van der Waals surface area contributed by atoms with Crippen molar-refractivity contribution in [3.63, 3.8) is 0 Å². The van der Waals surface area contributed by atoms with Gasteiger partial charge >= 0.3 is 47.8 Å². The van der Waals surface area contributed by atoms with Crippen molar-refractivity contribution in [2.75, 3.05) is 31.2 Å². The molecule has 2 aromatic carbocycles. The molecule has 112 heavy (non-hydrogen) atoms. The molecule has 4 saturated carbocycles. The number of benzene rings is 2. The first-order valence-electron chi connectivity index (χ1n) is 40.4. The third-order valence-corrected chi connectivity index (χ3v) is 25.7. The molecule has 10 rings (SSSR count). The molecule has 15 N–H and O–H groups in total. The summed E-state index contributed by atoms with van der Waals surface area (Å²) in [6, 6.07) is 9.40. The minimum absolute atomic E-state index is 0.00937. The number of carbonyl (C=O) groups excluding carboxylic acids is 5. The standard InChI is InChI=1S/2C21H28N2O5S.C20H35N3O5.C18H31N3O5/c2*1-13(22-16(20(25)26)12-29-15-8-3-2-4-9-15)19(24)23-17-10-6-5-7-14(17)11-18(23)21(27)28;1-3-28-20(27)15(9-6-7-11-21)22-13(2)18(24)23-16-10-5-4-8-14(16)12-17(23)19(25)26;1-11(20-13(17(23)24)7-4-5-9-19)16(22)21-14-8-3-2-6-12(14)10-15(21)18(25)26/h2*2-4,8-9,13-14,16-18,22H,5-7,10-12H2,1H3,(H,25,26)(H,27,28);13-17,22H,3-12,21H2,1-2H3,(H,25,26);11-15,20H,2-10,19H2,1H3,(H,23,24)(H,25,26)/t2*13-,14+,16-,17-,18-;13-,14+,15-,16-,17-;11-,12+,13-,14-,15-/m0000/s1. The third-order valence-electron chi connectivity index (χ3n) is 23.5. The van der Waals surface area contributed by atoms with Crippen LogP contribution in [0.1, 0.15) is 202 Å². The molecule has 0 aromatic heterocycles. The number of nitrogens with two attached hydrogens (primary N) is 2. The highest BCUT2D eigenvalue weighted by atomic mass is 32.2. The summed E-state index contributed by atoms with van der Waals surface area (Å²) in [7, 11) is 0. The van der Waals surface area contributed by atoms with Gasteiger partial charge < -0.3 is 71.5 Å². The minimum Gasteiger partial charge on any atom is -0.480 e. The van der Waals surface area contributed by atoms with Crippen LogP contribution in [0.4, 0.5) is 0 Å². The van der Waals surface area contributed by atoms with Crippen molar-refractivity contribution in [3.05, 3.63) is 60.7 Å². The summed E-state index contributed by atoms with van der Waals surface area (Å²) >= 11 is 2.81. The van der Waals surface area contributed by atoms with Crippen molar-refractivity contribution >= 4 is 94.9 Å². The predicted molar refractivity (Wildman–Crippen MR) is 420 cm³/mol. The number of fused-ring (bicyclic) bond motifs is 4. The zero-order chi connectivity index (χ0) is 81.9. The fourth-order valence-electron chi connectivity index (χ4n) is 17.9. The van der Waals surface area contributed by atoms with Crippen LogP contribution in [0.2, 0.25) is 0 Å². The van der Waals surface area contributed by atoms with Gasteiger partial charge in [0.15, 0.2) is 0 Å². The van der Waals surface area contributed by atoms with E-state index >= 15 is 0 Å². The number of likely N-dealkylation sites (tertiary alicyclic amines) is 4. The average Bonchev–Trinajstić information content (AvgIpc) is 1.65. The van der Waals surface area contributed by atoms with Crippen LogP contribution in [0.5, 0.6) is 0 Å². The molecule has 32 heteroatoms. The van der Waals surface area contributed by atoms with Crippen molar-refractivity contribution in [2.24, 2.45) is 35.1 Å². The maximum Gasteiger partial charge on any atom is 0.326 e. The van der Waals surface area contributed by atoms with Crippen LogP contribution < -0.4 is 32.7 Å². The third kappa shape index (κ3) is 25.5. The molecular weight excluding hydrogens is 1490 g/mol. The number of carboxylic acids is 7. The van der Waals surface area contributed by atoms with Crippen LogP contribution >= 0.6 is 23.5 Å². The number of carboxylic acid groups (broad SMARTS) is 7. The van der Waals surface area contributed by atoms with E-state index in [4.69, 9.17) is 16.2 Å². The monoisotopic (exact) mass is 1610 g/mol. The van der Waals surface area contributed by atoms with Crippen molar-refractivity contribution in [2.45, 2.75) is 308 Å². The number of carbonyl (C=O) groups is 12. The zero-order valence-corrected chi connectivity index (χ0v) is 67.1. The second-order valence-electron chi connectivity index (χ2n) is 31.1. The maximum atomic E-state index is 13.2. The van der Waals surface area contributed by atoms with E-state index in [1.54, 1.807) is 39.5 Å². The van der Waals surface area contributed by atoms with Gasteiger partial charge in [0.2, 0.25) is 23.6 Å². The van der Waals surface area contributed by atoms with Gasteiger partial charge in [0.05, 0.1) is 30.8 Å². The highest BCUT2D eigenvalue weighted by Crippen LogP contribution is 2.44. The number of amides is 4. The molecule has 2 aromatic rings. The summed E-state index contributed by atoms with van der Waals surface area (Å²) in [6.07, 6.45) is 21.3. The van der Waals surface area contributed by atoms with E-state index < -0.39 is 114 Å². The number of esters is 1. The molecule has 0 bridgehead atoms. The molecule has 8 fully saturated rings. The number of ether oxygens (including phenoxy) is 1. The highest BCUT2D eigenvalue weighted by molar-refractivity contribution is 7.99. The second-order valence-corrected chi connectivity index (χ2v) is 33.3. The minimum atomic E-state index is -1.03. The van der Waals surface area contributed by atoms with Crippen LogP contribution in [0, 0.1) is 23.7 Å². The van der Waals surface area contributed by atoms with Gasteiger partial charge in [0.1, 0.15) is 48.3 Å². The summed E-state index contributed by atoms with van der Waals surface area (Å²) in [4.78, 5) is 155. The Morgan fingerprint density at radius 2 is 0.652 bits per heavy atom. The van der Waals surface area contributed by atoms with Crippen molar-refractivity contribution in [1.82, 2.24) is 40.9 Å². The number of nitrogens with zero attached hydrogens (tertiary/aromatic N) is 4. The van der Waals surface area contributed by atoms with Gasteiger partial charge in [-0.2, -0.15) is 0 Å². The number of hydrogen-bond acceptors (Lipinski definition) is 21. The Kier molecular flexibility index (Phi) is 37.3. The lowest BCUT2D eigenvalue weighted by Gasteiger charge is -2.35. The molecule has 8 aliphatic rings. The van der Waals surface area contributed by atoms with E-state index in [-0.39, 0.29) is 95.5 Å². The van der Waals surface area contributed by atoms with Crippen molar-refractivity contribution in [3.8, 4) is 0 Å². The summed E-state index contributed by atoms with van der Waals surface area (Å²) in [5, 5.41) is 78.8. The zero-order valence-electron chi connectivity index (χ0n) is 65.4. The van der Waals surface area contributed by atoms with Gasteiger partial charge in [-0.1, -0.05) is 101 Å². The van der Waals surface area contributed by atoms with Crippen molar-refractivity contribution < 1.29 is 98.0 Å². The maximum absolute atomic E-state index is 13.2. The van der Waals surface area contributed by atoms with E-state index in [0.717, 1.165) is 132 Å². The Hall–Kier alpha value is -7.46. The quantitative estimate of drug-likeness (QED) is 0.0188. The fourth-order valence-corrected chi connectivity index (χ4v) is 19.8. The Morgan fingerprint density at radius 3 is 0.911 bits per heavy atom. The van der Waals surface area contributed by atoms with Crippen LogP contribution in [0.25, 0.3) is 0 Å². The number of nitrogens with one attached hydrogen (secondary N) is 4. The highest BCUT2D eigenvalue weighted by Gasteiger charge is 2.53. The number of thioether (sulfide) groups is 2. The van der Waals surface area contributed by atoms with Gasteiger partial charge in [0, 0.05) is 45.5 Å². The Balaban J connectivity index is 0.000000207. The molecule has 624 valence electrons. The first-order valence-corrected chi connectivity index (χ1v) is 42.4. The molecule has 0 unspecified atom stereocenters. The van der Waals surface area contributed by atoms with E-state index in [9.17, 15) is 93.3 Å². The Morgan fingerprint density at radius 1 is 0.393 bits per heavy atom. The number of unbranched alkanes of at least 4 members (excludes halogenated alkanes) is 2. The van der Waals surface area contributed by atoms with Crippen LogP contribution in [0.15, 0.2) is 70.5 Å². The number of aliphatic carboxylic acids is 7. The molecule has 4 aliphatic heterocycles. The SMILES string of the molecule is CCOC(=O)[C@H](CCCCN)N[C@@H](C)C(=O)N1[C@H](C(=O)O)C[C@H]2CCCC[C@@H]21.C[C@H](N[C@@H](CCCCN)C(=O)O)C(=O)N1[C@H](C(=O)O)C[C@H]2CCCC[C@@H]21.C[C@H](N[C@@H](CSc1ccccc1)C(=O)O)C(=O)N1[C@H](C(=O)O)C[C@H]2CCCC[C@@H]21.C[C@H](N[C@@H](CSc1ccccc1)C(=O)O)C(=O)N1[C@H](C(=O)O)C[C@H]2CCCC[C@@H]21. The van der Waals surface area contributed by atoms with Gasteiger partial charge in [-0.05, 0) is 198 Å². The average molecular weight is 1610 g/mol. The summed E-state index contributed by atoms with van der Waals surface area (Å²) in [6.45, 7) is 9.63. The molecule has 4 aliphatic carbocycles. The number of hydrogen-bond donors (Lipinski definition) is 13. The lowest BCUT2D eigenvalue weighted by Crippen LogP contribution is -2.56. The van der Waals surface area contributed by atoms with E-state index in [1.165, 1.54) is 38.2 Å². The van der Waals surface area contributed by atoms with E-state index in [1.807, 2.05) is 60.7 Å². The van der Waals surface area contributed by atoms with Gasteiger partial charge in [-0.15, -0.1) is 23.5 Å². The van der Waals surface area contributed by atoms with Crippen molar-refractivity contribution in [1.29, 1.82) is 0 Å². The van der Waals surface area contributed by atoms with Crippen LogP contribution in [-0.2, 0) is 62.3 Å². The van der Waals surface area contributed by atoms with Gasteiger partial charge in [0.25, 0.3) is 0 Å². The molecule has 0 spiro atoms. The summed E-state index contributed by atoms with van der Waals surface area (Å²) in [5.74, 6) is -7.01. The van der Waals surface area contributed by atoms with Crippen LogP contribution in [-0.4, -0.2) is 255 Å². The predicted octanol–water partition coefficient (Wildman–Crippen LogP) is 6.97. The first kappa shape index (κ1) is 91.7. The Bertz CT molecular complexity index is 3320. The molecule has 30 nitrogen and oxygen atoms in total. The molecule has 4 saturated heterocycles. The lowest BCUT2D eigenvalue weighted by molar-refractivity contribution is -0.152. The van der Waals surface area contributed by atoms with Gasteiger partial charge in [-0.25, -0.2) is 19.2 Å². The molecule has 0 radical (unpaired) electrons. The fraction of sp³-hybridized carbons (Fsp3) is 0.700. The van der Waals surface area contributed by atoms with E-state index in [2.05, 4.69) is 21.3 Å². The first-order chi connectivity index (χ1) is 53.5. The molecule has 4 heterocycles. The number of rotatable bonds is 35. The molecule has 4 amide bonds. The molecule has 20 atom stereocenters. The summed E-state index contributed by atoms with van der Waals surface area (Å²) < 4.78 is 5.13.